The molecule has 0 fully saturated rings. The highest BCUT2D eigenvalue weighted by molar-refractivity contribution is 5.67. The van der Waals surface area contributed by atoms with Gasteiger partial charge in [0, 0.05) is 30.8 Å². The number of aryl methyl sites for hydroxylation is 3. The molecule has 0 bridgehead atoms. The van der Waals surface area contributed by atoms with Crippen LogP contribution >= 0.6 is 0 Å². The zero-order valence-corrected chi connectivity index (χ0v) is 14.6. The first kappa shape index (κ1) is 16.1. The molecule has 1 unspecified atom stereocenters. The predicted octanol–water partition coefficient (Wildman–Crippen LogP) is 4.13. The van der Waals surface area contributed by atoms with Crippen molar-refractivity contribution in [2.45, 2.75) is 32.1 Å². The second kappa shape index (κ2) is 5.69. The highest BCUT2D eigenvalue weighted by atomic mass is 15.1. The van der Waals surface area contributed by atoms with Crippen LogP contribution in [0.25, 0.3) is 0 Å². The molecule has 1 aliphatic rings. The number of anilines is 1. The third-order valence-corrected chi connectivity index (χ3v) is 5.12. The van der Waals surface area contributed by atoms with E-state index in [1.54, 1.807) is 0 Å². The van der Waals surface area contributed by atoms with E-state index in [1.165, 1.54) is 5.56 Å². The summed E-state index contributed by atoms with van der Waals surface area (Å²) < 4.78 is 0. The standard InChI is InChI=1S/C21H21N3/c1-14-5-7-17(16(3)9-14)19-11-24(4)20-8-6-15(2)10-18(20)21(19,12-22)13-23/h5-10,19H,11H2,1-4H3. The lowest BCUT2D eigenvalue weighted by molar-refractivity contribution is 0.503. The van der Waals surface area contributed by atoms with Crippen molar-refractivity contribution in [2.75, 3.05) is 18.5 Å². The highest BCUT2D eigenvalue weighted by Crippen LogP contribution is 2.48. The SMILES string of the molecule is Cc1ccc(C2CN(C)c3ccc(C)cc3C2(C#N)C#N)c(C)c1. The number of hydrogen-bond donors (Lipinski definition) is 0. The molecular weight excluding hydrogens is 294 g/mol. The van der Waals surface area contributed by atoms with Gasteiger partial charge in [-0.1, -0.05) is 41.5 Å². The minimum Gasteiger partial charge on any atom is -0.374 e. The monoisotopic (exact) mass is 315 g/mol. The van der Waals surface area contributed by atoms with Crippen molar-refractivity contribution in [3.05, 3.63) is 64.2 Å². The first-order chi connectivity index (χ1) is 11.4. The van der Waals surface area contributed by atoms with Crippen LogP contribution in [0.2, 0.25) is 0 Å². The third-order valence-electron chi connectivity index (χ3n) is 5.12. The zero-order valence-electron chi connectivity index (χ0n) is 14.6. The van der Waals surface area contributed by atoms with Gasteiger partial charge in [-0.3, -0.25) is 0 Å². The molecule has 0 aromatic heterocycles. The van der Waals surface area contributed by atoms with E-state index in [4.69, 9.17) is 0 Å². The second-order valence-corrected chi connectivity index (χ2v) is 6.85. The van der Waals surface area contributed by atoms with E-state index in [2.05, 4.69) is 49.1 Å². The van der Waals surface area contributed by atoms with Crippen LogP contribution in [0.4, 0.5) is 5.69 Å². The molecule has 1 atom stereocenters. The van der Waals surface area contributed by atoms with Gasteiger partial charge < -0.3 is 4.90 Å². The Morgan fingerprint density at radius 2 is 1.62 bits per heavy atom. The quantitative estimate of drug-likeness (QED) is 0.795. The lowest BCUT2D eigenvalue weighted by Gasteiger charge is -2.42. The fraction of sp³-hybridized carbons (Fsp3) is 0.333. The number of nitrogens with zero attached hydrogens (tertiary/aromatic N) is 3. The minimum absolute atomic E-state index is 0.174. The van der Waals surface area contributed by atoms with Crippen molar-refractivity contribution in [3.63, 3.8) is 0 Å². The maximum atomic E-state index is 10.1. The van der Waals surface area contributed by atoms with Gasteiger partial charge in [0.25, 0.3) is 0 Å². The molecule has 0 amide bonds. The summed E-state index contributed by atoms with van der Waals surface area (Å²) in [5.41, 5.74) is 5.13. The Balaban J connectivity index is 2.28. The fourth-order valence-corrected chi connectivity index (χ4v) is 3.84. The van der Waals surface area contributed by atoms with Gasteiger partial charge in [-0.15, -0.1) is 0 Å². The molecule has 3 rings (SSSR count). The Labute approximate surface area is 143 Å². The van der Waals surface area contributed by atoms with E-state index in [0.29, 0.717) is 6.54 Å². The molecule has 0 spiro atoms. The van der Waals surface area contributed by atoms with Crippen LogP contribution in [-0.4, -0.2) is 13.6 Å². The maximum absolute atomic E-state index is 10.1. The molecule has 0 aliphatic carbocycles. The average Bonchev–Trinajstić information content (AvgIpc) is 2.55. The summed E-state index contributed by atoms with van der Waals surface area (Å²) in [4.78, 5) is 2.16. The highest BCUT2D eigenvalue weighted by Gasteiger charge is 2.48. The van der Waals surface area contributed by atoms with E-state index >= 15 is 0 Å². The van der Waals surface area contributed by atoms with Gasteiger partial charge in [0.15, 0.2) is 5.41 Å². The topological polar surface area (TPSA) is 50.8 Å². The number of rotatable bonds is 1. The Hall–Kier alpha value is -2.78. The smallest absolute Gasteiger partial charge is 0.179 e. The van der Waals surface area contributed by atoms with Crippen molar-refractivity contribution < 1.29 is 0 Å². The summed E-state index contributed by atoms with van der Waals surface area (Å²) in [6, 6.07) is 17.1. The van der Waals surface area contributed by atoms with Crippen LogP contribution in [0.15, 0.2) is 36.4 Å². The molecule has 1 aliphatic heterocycles. The lowest BCUT2D eigenvalue weighted by Crippen LogP contribution is -2.44. The molecule has 0 saturated carbocycles. The van der Waals surface area contributed by atoms with Crippen molar-refractivity contribution in [3.8, 4) is 12.1 Å². The first-order valence-corrected chi connectivity index (χ1v) is 8.15. The summed E-state index contributed by atoms with van der Waals surface area (Å²) >= 11 is 0. The van der Waals surface area contributed by atoms with E-state index in [1.807, 2.05) is 32.2 Å². The van der Waals surface area contributed by atoms with Crippen LogP contribution in [0, 0.1) is 43.4 Å². The van der Waals surface area contributed by atoms with Crippen molar-refractivity contribution in [1.29, 1.82) is 10.5 Å². The lowest BCUT2D eigenvalue weighted by atomic mass is 9.65. The van der Waals surface area contributed by atoms with E-state index in [0.717, 1.165) is 27.9 Å². The van der Waals surface area contributed by atoms with Gasteiger partial charge in [0.1, 0.15) is 0 Å². The summed E-state index contributed by atoms with van der Waals surface area (Å²) in [7, 11) is 2.03. The molecule has 2 aromatic rings. The van der Waals surface area contributed by atoms with Gasteiger partial charge in [0.05, 0.1) is 12.1 Å². The fourth-order valence-electron chi connectivity index (χ4n) is 3.84. The van der Waals surface area contributed by atoms with E-state index in [-0.39, 0.29) is 5.92 Å². The Bertz CT molecular complexity index is 869. The normalized spacial score (nSPS) is 18.4. The Morgan fingerprint density at radius 3 is 2.25 bits per heavy atom. The molecule has 0 saturated heterocycles. The van der Waals surface area contributed by atoms with Gasteiger partial charge in [-0.25, -0.2) is 0 Å². The maximum Gasteiger partial charge on any atom is 0.179 e. The van der Waals surface area contributed by atoms with Crippen molar-refractivity contribution >= 4 is 5.69 Å². The molecule has 0 N–H and O–H groups in total. The molecule has 1 heterocycles. The molecule has 0 radical (unpaired) electrons. The molecule has 2 aromatic carbocycles. The summed E-state index contributed by atoms with van der Waals surface area (Å²) in [5, 5.41) is 20.1. The summed E-state index contributed by atoms with van der Waals surface area (Å²) in [6.45, 7) is 6.78. The molecular formula is C21H21N3. The van der Waals surface area contributed by atoms with E-state index < -0.39 is 5.41 Å². The van der Waals surface area contributed by atoms with Gasteiger partial charge >= 0.3 is 0 Å². The van der Waals surface area contributed by atoms with Crippen LogP contribution in [0.5, 0.6) is 0 Å². The van der Waals surface area contributed by atoms with Crippen LogP contribution < -0.4 is 4.90 Å². The van der Waals surface area contributed by atoms with Crippen LogP contribution in [0.3, 0.4) is 0 Å². The predicted molar refractivity (Wildman–Crippen MR) is 96.0 cm³/mol. The average molecular weight is 315 g/mol. The number of benzene rings is 2. The molecule has 24 heavy (non-hydrogen) atoms. The Kier molecular flexibility index (Phi) is 3.82. The van der Waals surface area contributed by atoms with Crippen molar-refractivity contribution in [1.82, 2.24) is 0 Å². The molecule has 3 nitrogen and oxygen atoms in total. The number of hydrogen-bond acceptors (Lipinski definition) is 3. The van der Waals surface area contributed by atoms with Gasteiger partial charge in [-0.05, 0) is 38.0 Å². The summed E-state index contributed by atoms with van der Waals surface area (Å²) in [6.07, 6.45) is 0. The van der Waals surface area contributed by atoms with Crippen molar-refractivity contribution in [2.24, 2.45) is 0 Å². The van der Waals surface area contributed by atoms with Gasteiger partial charge in [-0.2, -0.15) is 10.5 Å². The number of fused-ring (bicyclic) bond motifs is 1. The van der Waals surface area contributed by atoms with Crippen LogP contribution in [-0.2, 0) is 5.41 Å². The second-order valence-electron chi connectivity index (χ2n) is 6.85. The first-order valence-electron chi connectivity index (χ1n) is 8.15. The Morgan fingerprint density at radius 1 is 1.00 bits per heavy atom. The van der Waals surface area contributed by atoms with Gasteiger partial charge in [0.2, 0.25) is 0 Å². The molecule has 120 valence electrons. The van der Waals surface area contributed by atoms with E-state index in [9.17, 15) is 10.5 Å². The molecule has 3 heteroatoms. The summed E-state index contributed by atoms with van der Waals surface area (Å²) in [5.74, 6) is -0.174. The number of nitriles is 2. The zero-order chi connectivity index (χ0) is 17.5. The minimum atomic E-state index is -1.16. The largest absolute Gasteiger partial charge is 0.374 e. The van der Waals surface area contributed by atoms with Crippen LogP contribution in [0.1, 0.15) is 33.7 Å². The number of likely N-dealkylation sites (N-methyl/N-ethyl adjacent to an activating group) is 1. The third kappa shape index (κ3) is 2.25.